The Balaban J connectivity index is 0.00000161. The number of carbonyl (C=O) groups excluding carboxylic acids is 1. The van der Waals surface area contributed by atoms with E-state index in [4.69, 9.17) is 0 Å². The fraction of sp³-hybridized carbons (Fsp3) is 0.533. The summed E-state index contributed by atoms with van der Waals surface area (Å²) in [6.45, 7) is 3.25. The summed E-state index contributed by atoms with van der Waals surface area (Å²) in [5, 5.41) is 3.37. The van der Waals surface area contributed by atoms with Crippen LogP contribution in [0.3, 0.4) is 0 Å². The average Bonchev–Trinajstić information content (AvgIpc) is 2.80. The minimum Gasteiger partial charge on any atom is -0.339 e. The number of halogens is 3. The van der Waals surface area contributed by atoms with Crippen LogP contribution in [0.2, 0.25) is 0 Å². The van der Waals surface area contributed by atoms with Crippen molar-refractivity contribution in [3.05, 3.63) is 35.4 Å². The minimum atomic E-state index is -1.04. The van der Waals surface area contributed by atoms with Crippen LogP contribution >= 0.6 is 12.4 Å². The molecule has 2 fully saturated rings. The number of rotatable bonds is 1. The van der Waals surface area contributed by atoms with E-state index in [9.17, 15) is 13.6 Å². The zero-order valence-electron chi connectivity index (χ0n) is 11.6. The van der Waals surface area contributed by atoms with Gasteiger partial charge >= 0.3 is 0 Å². The molecule has 3 nitrogen and oxygen atoms in total. The van der Waals surface area contributed by atoms with Crippen molar-refractivity contribution in [1.29, 1.82) is 0 Å². The van der Waals surface area contributed by atoms with Gasteiger partial charge in [0, 0.05) is 13.1 Å². The molecular formula is C15H19ClF2N2O. The molecular weight excluding hydrogens is 298 g/mol. The predicted octanol–water partition coefficient (Wildman–Crippen LogP) is 2.46. The summed E-state index contributed by atoms with van der Waals surface area (Å²) in [6, 6.07) is 3.76. The highest BCUT2D eigenvalue weighted by Crippen LogP contribution is 2.28. The van der Waals surface area contributed by atoms with Gasteiger partial charge in [0.15, 0.2) is 11.6 Å². The van der Waals surface area contributed by atoms with Crippen molar-refractivity contribution in [2.45, 2.75) is 12.8 Å². The molecule has 0 unspecified atom stereocenters. The molecule has 21 heavy (non-hydrogen) atoms. The second kappa shape index (κ2) is 6.71. The fourth-order valence-electron chi connectivity index (χ4n) is 3.26. The van der Waals surface area contributed by atoms with Crippen LogP contribution in [0, 0.1) is 23.5 Å². The van der Waals surface area contributed by atoms with Crippen molar-refractivity contribution in [3.63, 3.8) is 0 Å². The molecule has 3 rings (SSSR count). The summed E-state index contributed by atoms with van der Waals surface area (Å²) in [6.07, 6.45) is 1.86. The van der Waals surface area contributed by atoms with Gasteiger partial charge in [0.25, 0.3) is 5.91 Å². The van der Waals surface area contributed by atoms with E-state index in [1.54, 1.807) is 4.90 Å². The van der Waals surface area contributed by atoms with Gasteiger partial charge in [0.2, 0.25) is 0 Å². The zero-order chi connectivity index (χ0) is 14.1. The number of nitrogens with one attached hydrogen (secondary N) is 1. The first-order valence-corrected chi connectivity index (χ1v) is 7.11. The molecule has 2 aliphatic heterocycles. The van der Waals surface area contributed by atoms with Crippen LogP contribution in [-0.4, -0.2) is 37.0 Å². The number of benzene rings is 1. The molecule has 0 aromatic heterocycles. The van der Waals surface area contributed by atoms with E-state index in [-0.39, 0.29) is 18.0 Å². The SMILES string of the molecule is Cl.O=C(c1cccc(F)c1F)N1CC[C@@H]2CNC[C@@H]2CC1. The lowest BCUT2D eigenvalue weighted by Gasteiger charge is -2.21. The first-order valence-electron chi connectivity index (χ1n) is 7.11. The number of nitrogens with zero attached hydrogens (tertiary/aromatic N) is 1. The molecule has 2 aliphatic rings. The predicted molar refractivity (Wildman–Crippen MR) is 78.6 cm³/mol. The molecule has 2 atom stereocenters. The lowest BCUT2D eigenvalue weighted by molar-refractivity contribution is 0.0752. The molecule has 6 heteroatoms. The highest BCUT2D eigenvalue weighted by Gasteiger charge is 2.32. The normalized spacial score (nSPS) is 25.0. The lowest BCUT2D eigenvalue weighted by atomic mass is 9.92. The Morgan fingerprint density at radius 2 is 1.76 bits per heavy atom. The summed E-state index contributed by atoms with van der Waals surface area (Å²) in [7, 11) is 0. The molecule has 1 aromatic rings. The summed E-state index contributed by atoms with van der Waals surface area (Å²) < 4.78 is 26.9. The largest absolute Gasteiger partial charge is 0.339 e. The van der Waals surface area contributed by atoms with Gasteiger partial charge in [-0.1, -0.05) is 6.07 Å². The highest BCUT2D eigenvalue weighted by molar-refractivity contribution is 5.94. The maximum absolute atomic E-state index is 13.7. The van der Waals surface area contributed by atoms with Crippen molar-refractivity contribution in [2.75, 3.05) is 26.2 Å². The summed E-state index contributed by atoms with van der Waals surface area (Å²) in [4.78, 5) is 14.0. The third kappa shape index (κ3) is 3.19. The van der Waals surface area contributed by atoms with Crippen molar-refractivity contribution >= 4 is 18.3 Å². The van der Waals surface area contributed by atoms with Gasteiger partial charge in [-0.05, 0) is 49.9 Å². The number of carbonyl (C=O) groups is 1. The summed E-state index contributed by atoms with van der Waals surface area (Å²) in [5.41, 5.74) is -0.157. The second-order valence-electron chi connectivity index (χ2n) is 5.65. The quantitative estimate of drug-likeness (QED) is 0.863. The molecule has 1 amide bonds. The van der Waals surface area contributed by atoms with Gasteiger partial charge in [0.05, 0.1) is 5.56 Å². The average molecular weight is 317 g/mol. The van der Waals surface area contributed by atoms with E-state index in [1.807, 2.05) is 0 Å². The highest BCUT2D eigenvalue weighted by atomic mass is 35.5. The summed E-state index contributed by atoms with van der Waals surface area (Å²) >= 11 is 0. The van der Waals surface area contributed by atoms with E-state index in [0.29, 0.717) is 24.9 Å². The van der Waals surface area contributed by atoms with Crippen molar-refractivity contribution in [1.82, 2.24) is 10.2 Å². The molecule has 1 aromatic carbocycles. The Labute approximate surface area is 129 Å². The van der Waals surface area contributed by atoms with E-state index < -0.39 is 17.5 Å². The van der Waals surface area contributed by atoms with E-state index in [1.165, 1.54) is 12.1 Å². The van der Waals surface area contributed by atoms with E-state index in [0.717, 1.165) is 32.0 Å². The Hall–Kier alpha value is -1.20. The van der Waals surface area contributed by atoms with Crippen LogP contribution in [-0.2, 0) is 0 Å². The van der Waals surface area contributed by atoms with E-state index >= 15 is 0 Å². The van der Waals surface area contributed by atoms with Crippen LogP contribution in [0.4, 0.5) is 8.78 Å². The third-order valence-corrected chi connectivity index (χ3v) is 4.49. The number of hydrogen-bond donors (Lipinski definition) is 1. The lowest BCUT2D eigenvalue weighted by Crippen LogP contribution is -2.33. The molecule has 0 radical (unpaired) electrons. The molecule has 116 valence electrons. The smallest absolute Gasteiger partial charge is 0.256 e. The topological polar surface area (TPSA) is 32.3 Å². The Morgan fingerprint density at radius 1 is 1.14 bits per heavy atom. The Kier molecular flexibility index (Phi) is 5.17. The van der Waals surface area contributed by atoms with Gasteiger partial charge in [-0.3, -0.25) is 4.79 Å². The third-order valence-electron chi connectivity index (χ3n) is 4.49. The van der Waals surface area contributed by atoms with Crippen LogP contribution in [0.25, 0.3) is 0 Å². The van der Waals surface area contributed by atoms with Gasteiger partial charge in [0.1, 0.15) is 0 Å². The zero-order valence-corrected chi connectivity index (χ0v) is 12.5. The fourth-order valence-corrected chi connectivity index (χ4v) is 3.26. The molecule has 1 N–H and O–H groups in total. The van der Waals surface area contributed by atoms with Gasteiger partial charge in [-0.2, -0.15) is 0 Å². The molecule has 0 bridgehead atoms. The number of likely N-dealkylation sites (tertiary alicyclic amines) is 1. The summed E-state index contributed by atoms with van der Waals surface area (Å²) in [5.74, 6) is -1.19. The molecule has 2 saturated heterocycles. The standard InChI is InChI=1S/C15H18F2N2O.ClH/c16-13-3-1-2-12(14(13)17)15(20)19-6-4-10-8-18-9-11(10)5-7-19;/h1-3,10-11,18H,4-9H2;1H/t10-,11+;. The van der Waals surface area contributed by atoms with Crippen molar-refractivity contribution in [3.8, 4) is 0 Å². The monoisotopic (exact) mass is 316 g/mol. The van der Waals surface area contributed by atoms with Gasteiger partial charge in [-0.15, -0.1) is 12.4 Å². The van der Waals surface area contributed by atoms with Crippen LogP contribution < -0.4 is 5.32 Å². The molecule has 0 saturated carbocycles. The van der Waals surface area contributed by atoms with Crippen LogP contribution in [0.5, 0.6) is 0 Å². The van der Waals surface area contributed by atoms with Crippen molar-refractivity contribution in [2.24, 2.45) is 11.8 Å². The van der Waals surface area contributed by atoms with E-state index in [2.05, 4.69) is 5.32 Å². The van der Waals surface area contributed by atoms with Gasteiger partial charge < -0.3 is 10.2 Å². The number of amides is 1. The number of fused-ring (bicyclic) bond motifs is 1. The maximum atomic E-state index is 13.7. The van der Waals surface area contributed by atoms with Crippen LogP contribution in [0.15, 0.2) is 18.2 Å². The molecule has 2 heterocycles. The molecule has 0 spiro atoms. The first-order chi connectivity index (χ1) is 9.66. The molecule has 0 aliphatic carbocycles. The maximum Gasteiger partial charge on any atom is 0.256 e. The van der Waals surface area contributed by atoms with Gasteiger partial charge in [-0.25, -0.2) is 8.78 Å². The van der Waals surface area contributed by atoms with Crippen molar-refractivity contribution < 1.29 is 13.6 Å². The second-order valence-corrected chi connectivity index (χ2v) is 5.65. The minimum absolute atomic E-state index is 0. The Morgan fingerprint density at radius 3 is 2.38 bits per heavy atom. The Bertz CT molecular complexity index is 512. The first kappa shape index (κ1) is 16.2. The van der Waals surface area contributed by atoms with Crippen LogP contribution in [0.1, 0.15) is 23.2 Å². The number of hydrogen-bond acceptors (Lipinski definition) is 2.